The lowest BCUT2D eigenvalue weighted by Gasteiger charge is -2.37. The molecule has 1 aromatic carbocycles. The van der Waals surface area contributed by atoms with Crippen molar-refractivity contribution in [2.45, 2.75) is 17.6 Å². The molecule has 94 valence electrons. The van der Waals surface area contributed by atoms with E-state index in [1.807, 2.05) is 0 Å². The van der Waals surface area contributed by atoms with Crippen LogP contribution in [0.25, 0.3) is 0 Å². The minimum absolute atomic E-state index is 0.141. The van der Waals surface area contributed by atoms with Gasteiger partial charge in [0.05, 0.1) is 0 Å². The maximum atomic E-state index is 11.3. The van der Waals surface area contributed by atoms with Crippen molar-refractivity contribution in [3.05, 3.63) is 35.9 Å². The van der Waals surface area contributed by atoms with Crippen LogP contribution in [0.5, 0.6) is 0 Å². The summed E-state index contributed by atoms with van der Waals surface area (Å²) in [4.78, 5) is 32.8. The number of ether oxygens (including phenoxy) is 1. The molecular formula is C10H10BrO5P-2. The van der Waals surface area contributed by atoms with Crippen molar-refractivity contribution in [1.29, 1.82) is 0 Å². The molecule has 0 aromatic heterocycles. The van der Waals surface area contributed by atoms with Crippen molar-refractivity contribution >= 4 is 29.5 Å². The van der Waals surface area contributed by atoms with E-state index in [9.17, 15) is 19.1 Å². The zero-order valence-corrected chi connectivity index (χ0v) is 11.4. The number of hydrogen-bond donors (Lipinski definition) is 0. The van der Waals surface area contributed by atoms with E-state index in [0.717, 1.165) is 0 Å². The summed E-state index contributed by atoms with van der Waals surface area (Å²) in [5.74, 6) is -2.58. The number of rotatable bonds is 4. The fourth-order valence-electron chi connectivity index (χ4n) is 1.14. The minimum Gasteiger partial charge on any atom is -0.808 e. The average molecular weight is 321 g/mol. The predicted octanol–water partition coefficient (Wildman–Crippen LogP) is 0.925. The van der Waals surface area contributed by atoms with Crippen LogP contribution in [0.15, 0.2) is 30.3 Å². The number of carbonyl (C=O) groups excluding carboxylic acids is 1. The normalized spacial score (nSPS) is 15.1. The lowest BCUT2D eigenvalue weighted by Crippen LogP contribution is -2.26. The largest absolute Gasteiger partial charge is 0.808 e. The Morgan fingerprint density at radius 1 is 1.35 bits per heavy atom. The van der Waals surface area contributed by atoms with E-state index in [4.69, 9.17) is 0 Å². The highest BCUT2D eigenvalue weighted by Gasteiger charge is 2.22. The smallest absolute Gasteiger partial charge is 0.320 e. The van der Waals surface area contributed by atoms with E-state index in [1.54, 1.807) is 18.2 Å². The highest BCUT2D eigenvalue weighted by atomic mass is 79.9. The molecule has 7 heteroatoms. The van der Waals surface area contributed by atoms with Crippen LogP contribution in [0.4, 0.5) is 0 Å². The fourth-order valence-corrected chi connectivity index (χ4v) is 2.01. The number of carbonyl (C=O) groups is 1. The summed E-state index contributed by atoms with van der Waals surface area (Å²) in [5, 5.41) is 0. The molecule has 0 aliphatic carbocycles. The molecule has 2 atom stereocenters. The second-order valence-electron chi connectivity index (χ2n) is 3.36. The third-order valence-corrected chi connectivity index (χ3v) is 3.28. The Bertz CT molecular complexity index is 428. The Kier molecular flexibility index (Phi) is 4.89. The van der Waals surface area contributed by atoms with Gasteiger partial charge in [-0.1, -0.05) is 46.3 Å². The van der Waals surface area contributed by atoms with Gasteiger partial charge in [-0.3, -0.25) is 4.79 Å². The summed E-state index contributed by atoms with van der Waals surface area (Å²) >= 11 is 2.94. The molecule has 0 radical (unpaired) electrons. The summed E-state index contributed by atoms with van der Waals surface area (Å²) in [6, 6.07) is 7.61. The lowest BCUT2D eigenvalue weighted by molar-refractivity contribution is -0.323. The predicted molar refractivity (Wildman–Crippen MR) is 61.3 cm³/mol. The molecule has 0 aliphatic rings. The van der Waals surface area contributed by atoms with Crippen molar-refractivity contribution in [3.8, 4) is 0 Å². The summed E-state index contributed by atoms with van der Waals surface area (Å²) in [6.45, 7) is 1.48. The van der Waals surface area contributed by atoms with Gasteiger partial charge in [0, 0.05) is 0 Å². The SMILES string of the molecule is CC(Br)C(=O)OC(c1ccccc1)P(=O)([O-])[O-]. The molecule has 0 saturated carbocycles. The first-order valence-electron chi connectivity index (χ1n) is 4.73. The second-order valence-corrected chi connectivity index (χ2v) is 6.28. The number of halogens is 1. The van der Waals surface area contributed by atoms with E-state index < -0.39 is 24.2 Å². The molecule has 0 bridgehead atoms. The van der Waals surface area contributed by atoms with Crippen LogP contribution in [-0.2, 0) is 14.1 Å². The standard InChI is InChI=1S/C10H12BrO5P/c1-7(11)9(12)16-10(17(13,14)15)8-5-3-2-4-6-8/h2-7,10H,1H3,(H2,13,14,15)/p-2. The van der Waals surface area contributed by atoms with E-state index in [0.29, 0.717) is 0 Å². The van der Waals surface area contributed by atoms with Crippen LogP contribution in [0.3, 0.4) is 0 Å². The van der Waals surface area contributed by atoms with Crippen molar-refractivity contribution in [2.24, 2.45) is 0 Å². The number of alkyl halides is 1. The molecule has 2 unspecified atom stereocenters. The van der Waals surface area contributed by atoms with Crippen LogP contribution in [0.1, 0.15) is 18.3 Å². The van der Waals surface area contributed by atoms with Crippen LogP contribution in [0.2, 0.25) is 0 Å². The number of esters is 1. The molecule has 5 nitrogen and oxygen atoms in total. The molecule has 1 rings (SSSR count). The van der Waals surface area contributed by atoms with Crippen LogP contribution >= 0.6 is 23.5 Å². The van der Waals surface area contributed by atoms with Gasteiger partial charge in [0.15, 0.2) is 5.85 Å². The van der Waals surface area contributed by atoms with Gasteiger partial charge in [-0.2, -0.15) is 0 Å². The first-order valence-corrected chi connectivity index (χ1v) is 7.26. The van der Waals surface area contributed by atoms with Gasteiger partial charge in [-0.25, -0.2) is 0 Å². The van der Waals surface area contributed by atoms with Gasteiger partial charge in [-0.05, 0) is 20.1 Å². The highest BCUT2D eigenvalue weighted by molar-refractivity contribution is 9.10. The van der Waals surface area contributed by atoms with Crippen LogP contribution in [-0.4, -0.2) is 10.8 Å². The first-order chi connectivity index (χ1) is 7.82. The van der Waals surface area contributed by atoms with Crippen LogP contribution < -0.4 is 9.79 Å². The molecule has 0 spiro atoms. The molecule has 0 saturated heterocycles. The summed E-state index contributed by atoms with van der Waals surface area (Å²) in [7, 11) is -5.06. The van der Waals surface area contributed by atoms with Crippen molar-refractivity contribution in [3.63, 3.8) is 0 Å². The molecular weight excluding hydrogens is 311 g/mol. The topological polar surface area (TPSA) is 89.5 Å². The van der Waals surface area contributed by atoms with Gasteiger partial charge in [0.1, 0.15) is 4.83 Å². The fraction of sp³-hybridized carbons (Fsp3) is 0.300. The van der Waals surface area contributed by atoms with E-state index in [2.05, 4.69) is 20.7 Å². The zero-order valence-electron chi connectivity index (χ0n) is 8.91. The Balaban J connectivity index is 2.99. The van der Waals surface area contributed by atoms with Gasteiger partial charge in [0.25, 0.3) is 0 Å². The van der Waals surface area contributed by atoms with Gasteiger partial charge >= 0.3 is 5.97 Å². The Labute approximate surface area is 107 Å². The van der Waals surface area contributed by atoms with Crippen molar-refractivity contribution in [1.82, 2.24) is 0 Å². The Morgan fingerprint density at radius 3 is 2.29 bits per heavy atom. The zero-order chi connectivity index (χ0) is 13.1. The van der Waals surface area contributed by atoms with Crippen molar-refractivity contribution in [2.75, 3.05) is 0 Å². The molecule has 0 fully saturated rings. The monoisotopic (exact) mass is 320 g/mol. The van der Waals surface area contributed by atoms with Gasteiger partial charge < -0.3 is 19.1 Å². The lowest BCUT2D eigenvalue weighted by atomic mass is 10.2. The van der Waals surface area contributed by atoms with E-state index >= 15 is 0 Å². The first kappa shape index (κ1) is 14.4. The van der Waals surface area contributed by atoms with E-state index in [1.165, 1.54) is 19.1 Å². The molecule has 1 aromatic rings. The highest BCUT2D eigenvalue weighted by Crippen LogP contribution is 2.45. The molecule has 0 amide bonds. The third kappa shape index (κ3) is 4.24. The maximum absolute atomic E-state index is 11.3. The molecule has 0 aliphatic heterocycles. The Hall–Kier alpha value is -0.680. The van der Waals surface area contributed by atoms with Crippen molar-refractivity contribution < 1.29 is 23.9 Å². The average Bonchev–Trinajstić information content (AvgIpc) is 2.25. The van der Waals surface area contributed by atoms with Gasteiger partial charge in [-0.15, -0.1) is 0 Å². The third-order valence-electron chi connectivity index (χ3n) is 1.92. The number of hydrogen-bond acceptors (Lipinski definition) is 5. The van der Waals surface area contributed by atoms with Crippen LogP contribution in [0, 0.1) is 0 Å². The number of benzene rings is 1. The second kappa shape index (κ2) is 5.78. The molecule has 0 N–H and O–H groups in total. The molecule has 17 heavy (non-hydrogen) atoms. The summed E-state index contributed by atoms with van der Waals surface area (Å²) in [6.07, 6.45) is 0. The minimum atomic E-state index is -5.06. The quantitative estimate of drug-likeness (QED) is 0.467. The summed E-state index contributed by atoms with van der Waals surface area (Å²) < 4.78 is 15.8. The maximum Gasteiger partial charge on any atom is 0.320 e. The summed E-state index contributed by atoms with van der Waals surface area (Å²) in [5.41, 5.74) is 0.141. The molecule has 0 heterocycles. The van der Waals surface area contributed by atoms with Gasteiger partial charge in [0.2, 0.25) is 0 Å². The van der Waals surface area contributed by atoms with E-state index in [-0.39, 0.29) is 5.56 Å². The Morgan fingerprint density at radius 2 is 1.88 bits per heavy atom.